The van der Waals surface area contributed by atoms with Gasteiger partial charge in [0.25, 0.3) is 0 Å². The molecule has 14 heavy (non-hydrogen) atoms. The highest BCUT2D eigenvalue weighted by Gasteiger charge is 2.32. The van der Waals surface area contributed by atoms with Crippen molar-refractivity contribution in [2.75, 3.05) is 11.5 Å². The van der Waals surface area contributed by atoms with Crippen molar-refractivity contribution in [1.29, 1.82) is 0 Å². The van der Waals surface area contributed by atoms with Crippen LogP contribution in [-0.2, 0) is 0 Å². The van der Waals surface area contributed by atoms with Gasteiger partial charge in [-0.25, -0.2) is 0 Å². The fourth-order valence-electron chi connectivity index (χ4n) is 2.55. The number of rotatable bonds is 3. The Labute approximate surface area is 92.4 Å². The van der Waals surface area contributed by atoms with E-state index < -0.39 is 0 Å². The van der Waals surface area contributed by atoms with Crippen LogP contribution in [0.2, 0.25) is 0 Å². The molecule has 0 aromatic rings. The zero-order chi connectivity index (χ0) is 9.97. The van der Waals surface area contributed by atoms with Crippen molar-refractivity contribution in [3.8, 4) is 0 Å². The van der Waals surface area contributed by atoms with E-state index in [0.717, 1.165) is 23.9 Å². The number of thioether (sulfide) groups is 1. The molecule has 0 bridgehead atoms. The van der Waals surface area contributed by atoms with Gasteiger partial charge in [0.2, 0.25) is 0 Å². The lowest BCUT2D eigenvalue weighted by atomic mass is 9.73. The van der Waals surface area contributed by atoms with Gasteiger partial charge in [0.15, 0.2) is 0 Å². The predicted octanol–water partition coefficient (Wildman–Crippen LogP) is 2.91. The third kappa shape index (κ3) is 2.66. The molecule has 1 unspecified atom stereocenters. The third-order valence-corrected chi connectivity index (χ3v) is 4.96. The van der Waals surface area contributed by atoms with Gasteiger partial charge in [-0.3, -0.25) is 0 Å². The van der Waals surface area contributed by atoms with E-state index >= 15 is 0 Å². The van der Waals surface area contributed by atoms with Gasteiger partial charge in [0, 0.05) is 17.8 Å². The van der Waals surface area contributed by atoms with E-state index in [0.29, 0.717) is 0 Å². The molecule has 2 fully saturated rings. The molecule has 0 amide bonds. The van der Waals surface area contributed by atoms with Crippen molar-refractivity contribution in [2.45, 2.75) is 51.6 Å². The fraction of sp³-hybridized carbons (Fsp3) is 1.00. The summed E-state index contributed by atoms with van der Waals surface area (Å²) >= 11 is 2.12. The summed E-state index contributed by atoms with van der Waals surface area (Å²) in [5, 5.41) is 3.82. The smallest absolute Gasteiger partial charge is 0.0161 e. The van der Waals surface area contributed by atoms with Crippen molar-refractivity contribution in [1.82, 2.24) is 5.32 Å². The Hall–Kier alpha value is 0.310. The van der Waals surface area contributed by atoms with Crippen LogP contribution in [0.25, 0.3) is 0 Å². The molecule has 1 aliphatic heterocycles. The predicted molar refractivity (Wildman–Crippen MR) is 64.8 cm³/mol. The SMILES string of the molecule is CC(C)C1CC(NC2CCCSC2)C1. The summed E-state index contributed by atoms with van der Waals surface area (Å²) in [5.74, 6) is 4.64. The monoisotopic (exact) mass is 213 g/mol. The quantitative estimate of drug-likeness (QED) is 0.773. The van der Waals surface area contributed by atoms with Crippen molar-refractivity contribution in [2.24, 2.45) is 11.8 Å². The molecule has 1 atom stereocenters. The second kappa shape index (κ2) is 4.89. The summed E-state index contributed by atoms with van der Waals surface area (Å²) in [7, 11) is 0. The number of hydrogen-bond acceptors (Lipinski definition) is 2. The van der Waals surface area contributed by atoms with E-state index in [1.807, 2.05) is 0 Å². The molecule has 2 rings (SSSR count). The van der Waals surface area contributed by atoms with Gasteiger partial charge >= 0.3 is 0 Å². The first kappa shape index (κ1) is 10.8. The average Bonchev–Trinajstić information content (AvgIpc) is 2.12. The van der Waals surface area contributed by atoms with Crippen LogP contribution in [0.5, 0.6) is 0 Å². The normalized spacial score (nSPS) is 38.4. The van der Waals surface area contributed by atoms with E-state index in [2.05, 4.69) is 30.9 Å². The van der Waals surface area contributed by atoms with Crippen molar-refractivity contribution in [3.63, 3.8) is 0 Å². The van der Waals surface area contributed by atoms with Crippen LogP contribution in [0.15, 0.2) is 0 Å². The maximum absolute atomic E-state index is 3.82. The van der Waals surface area contributed by atoms with Gasteiger partial charge in [0.05, 0.1) is 0 Å². The summed E-state index contributed by atoms with van der Waals surface area (Å²) in [6, 6.07) is 1.68. The summed E-state index contributed by atoms with van der Waals surface area (Å²) < 4.78 is 0. The van der Waals surface area contributed by atoms with Gasteiger partial charge in [-0.05, 0) is 43.3 Å². The highest BCUT2D eigenvalue weighted by atomic mass is 32.2. The molecule has 0 aromatic carbocycles. The minimum Gasteiger partial charge on any atom is -0.310 e. The summed E-state index contributed by atoms with van der Waals surface area (Å²) in [6.07, 6.45) is 5.69. The van der Waals surface area contributed by atoms with E-state index in [-0.39, 0.29) is 0 Å². The topological polar surface area (TPSA) is 12.0 Å². The fourth-order valence-corrected chi connectivity index (χ4v) is 3.63. The molecular formula is C12H23NS. The molecule has 0 aromatic heterocycles. The van der Waals surface area contributed by atoms with Crippen LogP contribution in [0.1, 0.15) is 39.5 Å². The molecule has 82 valence electrons. The van der Waals surface area contributed by atoms with Crippen molar-refractivity contribution >= 4 is 11.8 Å². The highest BCUT2D eigenvalue weighted by Crippen LogP contribution is 2.34. The summed E-state index contributed by atoms with van der Waals surface area (Å²) in [4.78, 5) is 0. The Morgan fingerprint density at radius 1 is 1.21 bits per heavy atom. The standard InChI is InChI=1S/C12H23NS/c1-9(2)10-6-12(7-10)13-11-4-3-5-14-8-11/h9-13H,3-8H2,1-2H3. The van der Waals surface area contributed by atoms with E-state index in [4.69, 9.17) is 0 Å². The first-order valence-electron chi connectivity index (χ1n) is 6.09. The highest BCUT2D eigenvalue weighted by molar-refractivity contribution is 7.99. The Morgan fingerprint density at radius 2 is 2.00 bits per heavy atom. The summed E-state index contributed by atoms with van der Waals surface area (Å²) in [6.45, 7) is 4.72. The molecule has 2 aliphatic rings. The molecular weight excluding hydrogens is 190 g/mol. The Morgan fingerprint density at radius 3 is 2.57 bits per heavy atom. The van der Waals surface area contributed by atoms with Crippen LogP contribution in [0, 0.1) is 11.8 Å². The molecule has 1 saturated carbocycles. The maximum Gasteiger partial charge on any atom is 0.0161 e. The van der Waals surface area contributed by atoms with Gasteiger partial charge in [-0.2, -0.15) is 11.8 Å². The van der Waals surface area contributed by atoms with Gasteiger partial charge in [-0.15, -0.1) is 0 Å². The van der Waals surface area contributed by atoms with Crippen LogP contribution in [-0.4, -0.2) is 23.6 Å². The second-order valence-electron chi connectivity index (χ2n) is 5.25. The zero-order valence-electron chi connectivity index (χ0n) is 9.46. The first-order chi connectivity index (χ1) is 6.75. The van der Waals surface area contributed by atoms with Crippen molar-refractivity contribution in [3.05, 3.63) is 0 Å². The van der Waals surface area contributed by atoms with Crippen LogP contribution >= 0.6 is 11.8 Å². The van der Waals surface area contributed by atoms with E-state index in [9.17, 15) is 0 Å². The van der Waals surface area contributed by atoms with E-state index in [1.165, 1.54) is 37.2 Å². The number of nitrogens with one attached hydrogen (secondary N) is 1. The average molecular weight is 213 g/mol. The Bertz CT molecular complexity index is 169. The molecule has 1 nitrogen and oxygen atoms in total. The molecule has 1 aliphatic carbocycles. The van der Waals surface area contributed by atoms with Gasteiger partial charge in [-0.1, -0.05) is 13.8 Å². The number of hydrogen-bond donors (Lipinski definition) is 1. The van der Waals surface area contributed by atoms with Crippen LogP contribution in [0.3, 0.4) is 0 Å². The lowest BCUT2D eigenvalue weighted by Gasteiger charge is -2.41. The van der Waals surface area contributed by atoms with Crippen LogP contribution in [0.4, 0.5) is 0 Å². The minimum absolute atomic E-state index is 0.826. The minimum atomic E-state index is 0.826. The van der Waals surface area contributed by atoms with E-state index in [1.54, 1.807) is 0 Å². The lowest BCUT2D eigenvalue weighted by molar-refractivity contribution is 0.158. The third-order valence-electron chi connectivity index (χ3n) is 3.75. The molecule has 0 radical (unpaired) electrons. The van der Waals surface area contributed by atoms with Gasteiger partial charge < -0.3 is 5.32 Å². The Kier molecular flexibility index (Phi) is 3.78. The molecule has 1 heterocycles. The second-order valence-corrected chi connectivity index (χ2v) is 6.40. The maximum atomic E-state index is 3.82. The molecule has 2 heteroatoms. The lowest BCUT2D eigenvalue weighted by Crippen LogP contribution is -2.49. The summed E-state index contributed by atoms with van der Waals surface area (Å²) in [5.41, 5.74) is 0. The molecule has 0 spiro atoms. The largest absolute Gasteiger partial charge is 0.310 e. The van der Waals surface area contributed by atoms with Crippen molar-refractivity contribution < 1.29 is 0 Å². The first-order valence-corrected chi connectivity index (χ1v) is 7.25. The zero-order valence-corrected chi connectivity index (χ0v) is 10.3. The molecule has 1 saturated heterocycles. The molecule has 1 N–H and O–H groups in total. The van der Waals surface area contributed by atoms with Crippen LogP contribution < -0.4 is 5.32 Å². The van der Waals surface area contributed by atoms with Gasteiger partial charge in [0.1, 0.15) is 0 Å². The Balaban J connectivity index is 1.63.